The maximum atomic E-state index is 11.3. The highest BCUT2D eigenvalue weighted by Crippen LogP contribution is 2.27. The average molecular weight is 354 g/mol. The largest absolute Gasteiger partial charge is 0.369 e. The van der Waals surface area contributed by atoms with Gasteiger partial charge >= 0.3 is 0 Å². The first kappa shape index (κ1) is 16.3. The summed E-state index contributed by atoms with van der Waals surface area (Å²) in [5.74, 6) is 0.325. The second kappa shape index (κ2) is 7.27. The first-order valence-corrected chi connectivity index (χ1v) is 8.35. The second-order valence-corrected chi connectivity index (χ2v) is 6.82. The van der Waals surface area contributed by atoms with Crippen LogP contribution in [0, 0.1) is 5.92 Å². The molecule has 21 heavy (non-hydrogen) atoms. The predicted molar refractivity (Wildman–Crippen MR) is 90.7 cm³/mol. The van der Waals surface area contributed by atoms with Gasteiger partial charge in [-0.05, 0) is 79.8 Å². The SMILES string of the molecule is CC(C)N(CC1CCNCC1)c1ccc(C(N)=O)c(Br)c1. The Kier molecular flexibility index (Phi) is 5.65. The molecule has 1 aliphatic rings. The molecule has 2 rings (SSSR count). The van der Waals surface area contributed by atoms with Crippen LogP contribution < -0.4 is 16.0 Å². The van der Waals surface area contributed by atoms with Crippen molar-refractivity contribution in [1.82, 2.24) is 5.32 Å². The fourth-order valence-electron chi connectivity index (χ4n) is 2.84. The molecule has 0 aliphatic carbocycles. The molecule has 1 fully saturated rings. The lowest BCUT2D eigenvalue weighted by molar-refractivity contribution is 0.0999. The van der Waals surface area contributed by atoms with Crippen molar-refractivity contribution in [3.8, 4) is 0 Å². The number of benzene rings is 1. The molecule has 4 nitrogen and oxygen atoms in total. The average Bonchev–Trinajstić information content (AvgIpc) is 2.45. The maximum Gasteiger partial charge on any atom is 0.249 e. The van der Waals surface area contributed by atoms with Crippen LogP contribution in [0.5, 0.6) is 0 Å². The van der Waals surface area contributed by atoms with Gasteiger partial charge in [-0.25, -0.2) is 0 Å². The Hall–Kier alpha value is -1.07. The smallest absolute Gasteiger partial charge is 0.249 e. The molecule has 0 saturated carbocycles. The Bertz CT molecular complexity index is 498. The van der Waals surface area contributed by atoms with Crippen molar-refractivity contribution in [1.29, 1.82) is 0 Å². The van der Waals surface area contributed by atoms with Crippen LogP contribution in [-0.2, 0) is 0 Å². The number of nitrogens with one attached hydrogen (secondary N) is 1. The van der Waals surface area contributed by atoms with Gasteiger partial charge in [0.25, 0.3) is 0 Å². The molecule has 0 aromatic heterocycles. The summed E-state index contributed by atoms with van der Waals surface area (Å²) >= 11 is 3.45. The fraction of sp³-hybridized carbons (Fsp3) is 0.562. The molecule has 5 heteroatoms. The molecule has 1 amide bonds. The van der Waals surface area contributed by atoms with E-state index in [1.165, 1.54) is 12.8 Å². The van der Waals surface area contributed by atoms with E-state index in [0.717, 1.165) is 35.7 Å². The first-order valence-electron chi connectivity index (χ1n) is 7.55. The lowest BCUT2D eigenvalue weighted by Gasteiger charge is -2.34. The molecular formula is C16H24BrN3O. The van der Waals surface area contributed by atoms with E-state index in [1.54, 1.807) is 6.07 Å². The number of anilines is 1. The Morgan fingerprint density at radius 1 is 1.43 bits per heavy atom. The predicted octanol–water partition coefficient (Wildman–Crippen LogP) is 2.76. The van der Waals surface area contributed by atoms with Gasteiger partial charge in [0.05, 0.1) is 5.56 Å². The lowest BCUT2D eigenvalue weighted by atomic mass is 9.96. The summed E-state index contributed by atoms with van der Waals surface area (Å²) in [4.78, 5) is 13.7. The van der Waals surface area contributed by atoms with Crippen molar-refractivity contribution >= 4 is 27.5 Å². The van der Waals surface area contributed by atoms with E-state index in [-0.39, 0.29) is 0 Å². The van der Waals surface area contributed by atoms with Crippen LogP contribution >= 0.6 is 15.9 Å². The van der Waals surface area contributed by atoms with Crippen LogP contribution in [0.4, 0.5) is 5.69 Å². The van der Waals surface area contributed by atoms with E-state index in [4.69, 9.17) is 5.73 Å². The highest BCUT2D eigenvalue weighted by atomic mass is 79.9. The van der Waals surface area contributed by atoms with Crippen molar-refractivity contribution in [3.05, 3.63) is 28.2 Å². The second-order valence-electron chi connectivity index (χ2n) is 5.97. The number of hydrogen-bond acceptors (Lipinski definition) is 3. The molecule has 1 aromatic rings. The van der Waals surface area contributed by atoms with Crippen molar-refractivity contribution in [3.63, 3.8) is 0 Å². The van der Waals surface area contributed by atoms with Gasteiger partial charge in [0.1, 0.15) is 0 Å². The van der Waals surface area contributed by atoms with Crippen molar-refractivity contribution in [2.45, 2.75) is 32.7 Å². The van der Waals surface area contributed by atoms with Gasteiger partial charge in [-0.1, -0.05) is 0 Å². The number of amides is 1. The summed E-state index contributed by atoms with van der Waals surface area (Å²) in [5, 5.41) is 3.41. The van der Waals surface area contributed by atoms with Crippen LogP contribution in [0.3, 0.4) is 0 Å². The van der Waals surface area contributed by atoms with Gasteiger partial charge in [0.15, 0.2) is 0 Å². The molecule has 116 valence electrons. The third kappa shape index (κ3) is 4.20. The number of piperidine rings is 1. The third-order valence-corrected chi connectivity index (χ3v) is 4.74. The van der Waals surface area contributed by atoms with Gasteiger partial charge < -0.3 is 16.0 Å². The molecule has 0 radical (unpaired) electrons. The number of nitrogens with zero attached hydrogens (tertiary/aromatic N) is 1. The zero-order chi connectivity index (χ0) is 15.4. The number of rotatable bonds is 5. The van der Waals surface area contributed by atoms with Crippen LogP contribution in [-0.4, -0.2) is 31.6 Å². The van der Waals surface area contributed by atoms with Crippen molar-refractivity contribution in [2.75, 3.05) is 24.5 Å². The summed E-state index contributed by atoms with van der Waals surface area (Å²) in [5.41, 5.74) is 7.03. The van der Waals surface area contributed by atoms with Crippen molar-refractivity contribution < 1.29 is 4.79 Å². The van der Waals surface area contributed by atoms with Crippen LogP contribution in [0.2, 0.25) is 0 Å². The minimum atomic E-state index is -0.400. The van der Waals surface area contributed by atoms with E-state index in [9.17, 15) is 4.79 Å². The summed E-state index contributed by atoms with van der Waals surface area (Å²) in [6, 6.07) is 6.22. The minimum Gasteiger partial charge on any atom is -0.369 e. The van der Waals surface area contributed by atoms with Crippen LogP contribution in [0.15, 0.2) is 22.7 Å². The number of hydrogen-bond donors (Lipinski definition) is 2. The number of carbonyl (C=O) groups is 1. The number of carbonyl (C=O) groups excluding carboxylic acids is 1. The molecular weight excluding hydrogens is 330 g/mol. The van der Waals surface area contributed by atoms with Gasteiger partial charge in [-0.3, -0.25) is 4.79 Å². The number of halogens is 1. The quantitative estimate of drug-likeness (QED) is 0.855. The summed E-state index contributed by atoms with van der Waals surface area (Å²) in [6.07, 6.45) is 2.45. The Labute approximate surface area is 135 Å². The number of primary amides is 1. The van der Waals surface area contributed by atoms with E-state index in [1.807, 2.05) is 12.1 Å². The lowest BCUT2D eigenvalue weighted by Crippen LogP contribution is -2.39. The van der Waals surface area contributed by atoms with Gasteiger partial charge in [-0.2, -0.15) is 0 Å². The van der Waals surface area contributed by atoms with Crippen LogP contribution in [0.1, 0.15) is 37.0 Å². The summed E-state index contributed by atoms with van der Waals surface area (Å²) in [6.45, 7) is 7.69. The standard InChI is InChI=1S/C16H24BrN3O/c1-11(2)20(10-12-5-7-19-8-6-12)13-3-4-14(16(18)21)15(17)9-13/h3-4,9,11-12,19H,5-8,10H2,1-2H3,(H2,18,21). The van der Waals surface area contributed by atoms with E-state index in [0.29, 0.717) is 11.6 Å². The Morgan fingerprint density at radius 3 is 2.62 bits per heavy atom. The molecule has 0 bridgehead atoms. The van der Waals surface area contributed by atoms with Gasteiger partial charge in [0, 0.05) is 22.7 Å². The molecule has 3 N–H and O–H groups in total. The summed E-state index contributed by atoms with van der Waals surface area (Å²) in [7, 11) is 0. The molecule has 1 aromatic carbocycles. The third-order valence-electron chi connectivity index (χ3n) is 4.09. The molecule has 0 unspecified atom stereocenters. The fourth-order valence-corrected chi connectivity index (χ4v) is 3.40. The normalized spacial score (nSPS) is 16.2. The molecule has 0 atom stereocenters. The highest BCUT2D eigenvalue weighted by molar-refractivity contribution is 9.10. The number of nitrogens with two attached hydrogens (primary N) is 1. The van der Waals surface area contributed by atoms with E-state index < -0.39 is 5.91 Å². The van der Waals surface area contributed by atoms with Gasteiger partial charge in [-0.15, -0.1) is 0 Å². The van der Waals surface area contributed by atoms with Crippen molar-refractivity contribution in [2.24, 2.45) is 11.7 Å². The molecule has 1 heterocycles. The van der Waals surface area contributed by atoms with E-state index in [2.05, 4.69) is 40.0 Å². The molecule has 1 aliphatic heterocycles. The maximum absolute atomic E-state index is 11.3. The van der Waals surface area contributed by atoms with Crippen LogP contribution in [0.25, 0.3) is 0 Å². The highest BCUT2D eigenvalue weighted by Gasteiger charge is 2.20. The first-order chi connectivity index (χ1) is 9.99. The monoisotopic (exact) mass is 353 g/mol. The minimum absolute atomic E-state index is 0.400. The summed E-state index contributed by atoms with van der Waals surface area (Å²) < 4.78 is 0.767. The Morgan fingerprint density at radius 2 is 2.10 bits per heavy atom. The Balaban J connectivity index is 2.17. The van der Waals surface area contributed by atoms with Gasteiger partial charge in [0.2, 0.25) is 5.91 Å². The zero-order valence-electron chi connectivity index (χ0n) is 12.7. The topological polar surface area (TPSA) is 58.4 Å². The van der Waals surface area contributed by atoms with E-state index >= 15 is 0 Å². The zero-order valence-corrected chi connectivity index (χ0v) is 14.3. The molecule has 0 spiro atoms. The molecule has 1 saturated heterocycles.